The molecule has 1 saturated heterocycles. The molecule has 7 heteroatoms. The normalized spacial score (nSPS) is 16.2. The van der Waals surface area contributed by atoms with Crippen LogP contribution in [-0.4, -0.2) is 62.7 Å². The Balaban J connectivity index is 2.10. The van der Waals surface area contributed by atoms with Crippen molar-refractivity contribution in [3.63, 3.8) is 0 Å². The fourth-order valence-electron chi connectivity index (χ4n) is 3.04. The van der Waals surface area contributed by atoms with E-state index in [-0.39, 0.29) is 18.4 Å². The van der Waals surface area contributed by atoms with Gasteiger partial charge in [-0.25, -0.2) is 0 Å². The van der Waals surface area contributed by atoms with Crippen molar-refractivity contribution in [2.24, 2.45) is 0 Å². The number of nitrogens with one attached hydrogen (secondary N) is 2. The first kappa shape index (κ1) is 19.1. The maximum absolute atomic E-state index is 12.6. The number of carbonyl (C=O) groups excluding carboxylic acids is 2. The van der Waals surface area contributed by atoms with Crippen molar-refractivity contribution in [1.29, 1.82) is 0 Å². The summed E-state index contributed by atoms with van der Waals surface area (Å²) in [6.07, 6.45) is 1.06. The van der Waals surface area contributed by atoms with E-state index in [9.17, 15) is 9.59 Å². The second-order valence-corrected chi connectivity index (χ2v) is 6.04. The fourth-order valence-corrected chi connectivity index (χ4v) is 3.04. The zero-order chi connectivity index (χ0) is 18.3. The second kappa shape index (κ2) is 8.71. The van der Waals surface area contributed by atoms with Gasteiger partial charge in [0.2, 0.25) is 11.8 Å². The van der Waals surface area contributed by atoms with Crippen molar-refractivity contribution in [2.75, 3.05) is 45.8 Å². The average molecular weight is 349 g/mol. The number of rotatable bonds is 7. The Bertz CT molecular complexity index is 598. The minimum absolute atomic E-state index is 0.0336. The molecule has 7 nitrogen and oxygen atoms in total. The van der Waals surface area contributed by atoms with Crippen molar-refractivity contribution in [2.45, 2.75) is 25.3 Å². The Labute approximate surface area is 148 Å². The highest BCUT2D eigenvalue weighted by molar-refractivity contribution is 5.90. The van der Waals surface area contributed by atoms with Crippen LogP contribution in [0.25, 0.3) is 0 Å². The summed E-state index contributed by atoms with van der Waals surface area (Å²) in [6, 6.07) is 7.49. The first-order valence-electron chi connectivity index (χ1n) is 8.54. The van der Waals surface area contributed by atoms with Crippen molar-refractivity contribution in [3.8, 4) is 5.75 Å². The molecule has 0 unspecified atom stereocenters. The first-order chi connectivity index (χ1) is 12.0. The maximum atomic E-state index is 12.6. The Morgan fingerprint density at radius 2 is 2.00 bits per heavy atom. The van der Waals surface area contributed by atoms with E-state index in [1.54, 1.807) is 19.1 Å². The van der Waals surface area contributed by atoms with Crippen LogP contribution >= 0.6 is 0 Å². The number of anilines is 1. The zero-order valence-electron chi connectivity index (χ0n) is 15.1. The molecular formula is C18H27N3O4. The molecule has 0 saturated carbocycles. The summed E-state index contributed by atoms with van der Waals surface area (Å²) < 4.78 is 10.4. The van der Waals surface area contributed by atoms with E-state index in [1.807, 2.05) is 31.2 Å². The smallest absolute Gasteiger partial charge is 0.248 e. The highest BCUT2D eigenvalue weighted by Gasteiger charge is 2.41. The summed E-state index contributed by atoms with van der Waals surface area (Å²) in [4.78, 5) is 26.4. The van der Waals surface area contributed by atoms with Crippen LogP contribution < -0.4 is 15.4 Å². The number of benzene rings is 1. The average Bonchev–Trinajstić information content (AvgIpc) is 2.66. The minimum atomic E-state index is -0.747. The van der Waals surface area contributed by atoms with Gasteiger partial charge in [-0.15, -0.1) is 0 Å². The number of hydrogen-bond donors (Lipinski definition) is 2. The lowest BCUT2D eigenvalue weighted by Gasteiger charge is -2.41. The van der Waals surface area contributed by atoms with Crippen molar-refractivity contribution < 1.29 is 19.1 Å². The number of likely N-dealkylation sites (N-methyl/N-ethyl adjacent to an activating group) is 1. The number of hydrogen-bond acceptors (Lipinski definition) is 5. The molecule has 2 amide bonds. The molecular weight excluding hydrogens is 322 g/mol. The Morgan fingerprint density at radius 1 is 1.28 bits per heavy atom. The van der Waals surface area contributed by atoms with Gasteiger partial charge in [-0.05, 0) is 31.9 Å². The molecule has 0 spiro atoms. The second-order valence-electron chi connectivity index (χ2n) is 6.04. The van der Waals surface area contributed by atoms with Crippen LogP contribution in [0.2, 0.25) is 0 Å². The van der Waals surface area contributed by atoms with Crippen LogP contribution in [0.15, 0.2) is 24.3 Å². The first-order valence-corrected chi connectivity index (χ1v) is 8.54. The quantitative estimate of drug-likeness (QED) is 0.774. The standard InChI is InChI=1S/C18H27N3O4/c1-4-25-13-16(22)21-10-8-18(9-11-21,17(23)19-2)20-14-6-5-7-15(12-14)24-3/h5-7,12,20H,4,8-11,13H2,1-3H3,(H,19,23). The van der Waals surface area contributed by atoms with Crippen molar-refractivity contribution in [1.82, 2.24) is 10.2 Å². The van der Waals surface area contributed by atoms with Crippen LogP contribution in [0.4, 0.5) is 5.69 Å². The fraction of sp³-hybridized carbons (Fsp3) is 0.556. The Morgan fingerprint density at radius 3 is 2.60 bits per heavy atom. The monoisotopic (exact) mass is 349 g/mol. The van der Waals surface area contributed by atoms with Crippen LogP contribution in [0, 0.1) is 0 Å². The van der Waals surface area contributed by atoms with Crippen molar-refractivity contribution in [3.05, 3.63) is 24.3 Å². The maximum Gasteiger partial charge on any atom is 0.248 e. The molecule has 0 radical (unpaired) electrons. The van der Waals surface area contributed by atoms with Gasteiger partial charge in [-0.2, -0.15) is 0 Å². The van der Waals surface area contributed by atoms with Crippen LogP contribution in [0.5, 0.6) is 5.75 Å². The molecule has 25 heavy (non-hydrogen) atoms. The van der Waals surface area contributed by atoms with Gasteiger partial charge < -0.3 is 25.0 Å². The van der Waals surface area contributed by atoms with E-state index in [0.29, 0.717) is 32.5 Å². The van der Waals surface area contributed by atoms with E-state index in [1.165, 1.54) is 0 Å². The molecule has 0 atom stereocenters. The van der Waals surface area contributed by atoms with Gasteiger partial charge in [0.1, 0.15) is 17.9 Å². The number of nitrogens with zero attached hydrogens (tertiary/aromatic N) is 1. The van der Waals surface area contributed by atoms with E-state index in [4.69, 9.17) is 9.47 Å². The molecule has 1 aliphatic rings. The van der Waals surface area contributed by atoms with E-state index in [0.717, 1.165) is 11.4 Å². The number of ether oxygens (including phenoxy) is 2. The third-order valence-electron chi connectivity index (χ3n) is 4.51. The highest BCUT2D eigenvalue weighted by Crippen LogP contribution is 2.29. The zero-order valence-corrected chi connectivity index (χ0v) is 15.1. The molecule has 1 aliphatic heterocycles. The molecule has 0 bridgehead atoms. The molecule has 138 valence electrons. The van der Waals surface area contributed by atoms with Gasteiger partial charge in [0.25, 0.3) is 0 Å². The van der Waals surface area contributed by atoms with Crippen LogP contribution in [0.1, 0.15) is 19.8 Å². The predicted octanol–water partition coefficient (Wildman–Crippen LogP) is 1.25. The summed E-state index contributed by atoms with van der Waals surface area (Å²) in [5.74, 6) is 0.613. The minimum Gasteiger partial charge on any atom is -0.497 e. The van der Waals surface area contributed by atoms with Gasteiger partial charge in [0.15, 0.2) is 0 Å². The summed E-state index contributed by atoms with van der Waals surface area (Å²) >= 11 is 0. The number of amides is 2. The largest absolute Gasteiger partial charge is 0.497 e. The number of likely N-dealkylation sites (tertiary alicyclic amines) is 1. The summed E-state index contributed by atoms with van der Waals surface area (Å²) in [5, 5.41) is 6.10. The third-order valence-corrected chi connectivity index (χ3v) is 4.51. The molecule has 1 heterocycles. The number of piperidine rings is 1. The van der Waals surface area contributed by atoms with Gasteiger partial charge in [-0.3, -0.25) is 9.59 Å². The molecule has 2 rings (SSSR count). The van der Waals surface area contributed by atoms with E-state index in [2.05, 4.69) is 10.6 Å². The predicted molar refractivity (Wildman–Crippen MR) is 95.7 cm³/mol. The number of carbonyl (C=O) groups is 2. The molecule has 0 aromatic heterocycles. The molecule has 1 aromatic carbocycles. The van der Waals surface area contributed by atoms with Crippen LogP contribution in [-0.2, 0) is 14.3 Å². The highest BCUT2D eigenvalue weighted by atomic mass is 16.5. The number of methoxy groups -OCH3 is 1. The third kappa shape index (κ3) is 4.63. The Kier molecular flexibility index (Phi) is 6.64. The van der Waals surface area contributed by atoms with Gasteiger partial charge in [0, 0.05) is 38.5 Å². The van der Waals surface area contributed by atoms with Crippen molar-refractivity contribution >= 4 is 17.5 Å². The SMILES string of the molecule is CCOCC(=O)N1CCC(Nc2cccc(OC)c2)(C(=O)NC)CC1. The van der Waals surface area contributed by atoms with E-state index >= 15 is 0 Å². The van der Waals surface area contributed by atoms with E-state index < -0.39 is 5.54 Å². The summed E-state index contributed by atoms with van der Waals surface area (Å²) in [7, 11) is 3.24. The summed E-state index contributed by atoms with van der Waals surface area (Å²) in [6.45, 7) is 3.48. The molecule has 1 fully saturated rings. The van der Waals surface area contributed by atoms with Gasteiger partial charge >= 0.3 is 0 Å². The molecule has 2 N–H and O–H groups in total. The van der Waals surface area contributed by atoms with Gasteiger partial charge in [0.05, 0.1) is 7.11 Å². The Hall–Kier alpha value is -2.28. The lowest BCUT2D eigenvalue weighted by molar-refractivity contribution is -0.139. The molecule has 1 aromatic rings. The lowest BCUT2D eigenvalue weighted by atomic mass is 9.86. The van der Waals surface area contributed by atoms with Gasteiger partial charge in [-0.1, -0.05) is 6.07 Å². The molecule has 0 aliphatic carbocycles. The topological polar surface area (TPSA) is 79.9 Å². The van der Waals surface area contributed by atoms with Crippen LogP contribution in [0.3, 0.4) is 0 Å². The summed E-state index contributed by atoms with van der Waals surface area (Å²) in [5.41, 5.74) is 0.0702. The lowest BCUT2D eigenvalue weighted by Crippen LogP contribution is -2.58.